The number of hydrogen-bond donors (Lipinski definition) is 2. The molecule has 90 valence electrons. The Kier molecular flexibility index (Phi) is 6.44. The zero-order valence-electron chi connectivity index (χ0n) is 9.43. The first-order chi connectivity index (χ1) is 7.09. The van der Waals surface area contributed by atoms with E-state index < -0.39 is 0 Å². The first-order valence-corrected chi connectivity index (χ1v) is 4.75. The third-order valence-electron chi connectivity index (χ3n) is 1.85. The van der Waals surface area contributed by atoms with Crippen molar-refractivity contribution < 1.29 is 4.79 Å². The van der Waals surface area contributed by atoms with Crippen molar-refractivity contribution in [3.63, 3.8) is 0 Å². The quantitative estimate of drug-likeness (QED) is 0.803. The number of nitrogen functional groups attached to an aromatic ring is 1. The number of pyridine rings is 1. The van der Waals surface area contributed by atoms with Gasteiger partial charge in [0.05, 0.1) is 0 Å². The van der Waals surface area contributed by atoms with Crippen LogP contribution in [0.15, 0.2) is 18.2 Å². The van der Waals surface area contributed by atoms with Crippen molar-refractivity contribution in [3.05, 3.63) is 23.9 Å². The molecule has 0 atom stereocenters. The standard InChI is InChI=1S/C10H16N4O.ClH/c1-14(2)7-6-12-10(15)8-4-3-5-9(11)13-8;/h3-5H,6-7H2,1-2H3,(H2,11,13)(H,12,15);1H. The average molecular weight is 245 g/mol. The van der Waals surface area contributed by atoms with Gasteiger partial charge in [-0.25, -0.2) is 4.98 Å². The molecule has 1 aromatic rings. The molecule has 1 aromatic heterocycles. The second kappa shape index (κ2) is 7.03. The van der Waals surface area contributed by atoms with Crippen LogP contribution in [0, 0.1) is 0 Å². The van der Waals surface area contributed by atoms with Crippen molar-refractivity contribution in [1.29, 1.82) is 0 Å². The Balaban J connectivity index is 0.00000225. The Labute approximate surface area is 101 Å². The predicted molar refractivity (Wildman–Crippen MR) is 66.8 cm³/mol. The fourth-order valence-corrected chi connectivity index (χ4v) is 1.06. The molecule has 0 spiro atoms. The molecule has 3 N–H and O–H groups in total. The first-order valence-electron chi connectivity index (χ1n) is 4.75. The highest BCUT2D eigenvalue weighted by Gasteiger charge is 2.05. The summed E-state index contributed by atoms with van der Waals surface area (Å²) in [6, 6.07) is 5.00. The number of nitrogens with zero attached hydrogens (tertiary/aromatic N) is 2. The molecular formula is C10H17ClN4O. The lowest BCUT2D eigenvalue weighted by Gasteiger charge is -2.10. The zero-order chi connectivity index (χ0) is 11.3. The highest BCUT2D eigenvalue weighted by atomic mass is 35.5. The maximum absolute atomic E-state index is 11.5. The molecule has 0 aliphatic heterocycles. The van der Waals surface area contributed by atoms with E-state index in [1.165, 1.54) is 0 Å². The summed E-state index contributed by atoms with van der Waals surface area (Å²) in [5, 5.41) is 2.76. The van der Waals surface area contributed by atoms with Crippen LogP contribution in [0.5, 0.6) is 0 Å². The zero-order valence-corrected chi connectivity index (χ0v) is 10.3. The molecule has 0 radical (unpaired) electrons. The molecule has 16 heavy (non-hydrogen) atoms. The van der Waals surface area contributed by atoms with Gasteiger partial charge in [-0.2, -0.15) is 0 Å². The molecule has 0 saturated carbocycles. The molecular weight excluding hydrogens is 228 g/mol. The second-order valence-corrected chi connectivity index (χ2v) is 3.51. The predicted octanol–water partition coefficient (Wildman–Crippen LogP) is 0.377. The van der Waals surface area contributed by atoms with E-state index in [1.807, 2.05) is 19.0 Å². The van der Waals surface area contributed by atoms with Gasteiger partial charge in [0.25, 0.3) is 5.91 Å². The van der Waals surface area contributed by atoms with Crippen LogP contribution in [0.3, 0.4) is 0 Å². The molecule has 0 aromatic carbocycles. The molecule has 0 aliphatic carbocycles. The van der Waals surface area contributed by atoms with Crippen molar-refractivity contribution in [3.8, 4) is 0 Å². The minimum Gasteiger partial charge on any atom is -0.384 e. The van der Waals surface area contributed by atoms with Gasteiger partial charge in [-0.15, -0.1) is 12.4 Å². The Hall–Kier alpha value is -1.33. The number of nitrogens with one attached hydrogen (secondary N) is 1. The van der Waals surface area contributed by atoms with E-state index in [9.17, 15) is 4.79 Å². The third-order valence-corrected chi connectivity index (χ3v) is 1.85. The lowest BCUT2D eigenvalue weighted by molar-refractivity contribution is 0.0946. The minimum absolute atomic E-state index is 0. The Morgan fingerprint density at radius 3 is 2.75 bits per heavy atom. The number of carbonyl (C=O) groups is 1. The molecule has 0 bridgehead atoms. The number of amides is 1. The van der Waals surface area contributed by atoms with Gasteiger partial charge in [-0.3, -0.25) is 4.79 Å². The smallest absolute Gasteiger partial charge is 0.270 e. The maximum Gasteiger partial charge on any atom is 0.270 e. The largest absolute Gasteiger partial charge is 0.384 e. The van der Waals surface area contributed by atoms with Crippen LogP contribution in [0.4, 0.5) is 5.82 Å². The molecule has 1 rings (SSSR count). The number of hydrogen-bond acceptors (Lipinski definition) is 4. The van der Waals surface area contributed by atoms with Gasteiger partial charge in [-0.05, 0) is 26.2 Å². The summed E-state index contributed by atoms with van der Waals surface area (Å²) in [6.07, 6.45) is 0. The summed E-state index contributed by atoms with van der Waals surface area (Å²) in [7, 11) is 3.90. The maximum atomic E-state index is 11.5. The van der Waals surface area contributed by atoms with Crippen molar-refractivity contribution in [1.82, 2.24) is 15.2 Å². The molecule has 0 saturated heterocycles. The van der Waals surface area contributed by atoms with Gasteiger partial charge in [0.1, 0.15) is 11.5 Å². The van der Waals surface area contributed by atoms with E-state index in [0.717, 1.165) is 6.54 Å². The van der Waals surface area contributed by atoms with Crippen LogP contribution in [0.2, 0.25) is 0 Å². The summed E-state index contributed by atoms with van der Waals surface area (Å²) in [6.45, 7) is 1.40. The normalized spacial score (nSPS) is 9.69. The lowest BCUT2D eigenvalue weighted by atomic mass is 10.3. The SMILES string of the molecule is CN(C)CCNC(=O)c1cccc(N)n1.Cl. The summed E-state index contributed by atoms with van der Waals surface area (Å²) in [4.78, 5) is 17.4. The van der Waals surface area contributed by atoms with Crippen LogP contribution in [-0.4, -0.2) is 43.0 Å². The van der Waals surface area contributed by atoms with Gasteiger partial charge in [0.2, 0.25) is 0 Å². The fourth-order valence-electron chi connectivity index (χ4n) is 1.06. The van der Waals surface area contributed by atoms with Gasteiger partial charge >= 0.3 is 0 Å². The summed E-state index contributed by atoms with van der Waals surface area (Å²) in [5.74, 6) is 0.166. The summed E-state index contributed by atoms with van der Waals surface area (Å²) in [5.41, 5.74) is 5.83. The van der Waals surface area contributed by atoms with E-state index in [2.05, 4.69) is 10.3 Å². The van der Waals surface area contributed by atoms with Crippen LogP contribution < -0.4 is 11.1 Å². The van der Waals surface area contributed by atoms with Crippen LogP contribution in [-0.2, 0) is 0 Å². The number of likely N-dealkylation sites (N-methyl/N-ethyl adjacent to an activating group) is 1. The second-order valence-electron chi connectivity index (χ2n) is 3.51. The van der Waals surface area contributed by atoms with Crippen LogP contribution >= 0.6 is 12.4 Å². The van der Waals surface area contributed by atoms with E-state index in [0.29, 0.717) is 18.1 Å². The van der Waals surface area contributed by atoms with E-state index in [-0.39, 0.29) is 18.3 Å². The third kappa shape index (κ3) is 4.95. The highest BCUT2D eigenvalue weighted by molar-refractivity contribution is 5.92. The van der Waals surface area contributed by atoms with Gasteiger partial charge in [0.15, 0.2) is 0 Å². The first kappa shape index (κ1) is 14.7. The van der Waals surface area contributed by atoms with E-state index >= 15 is 0 Å². The number of nitrogens with two attached hydrogens (primary N) is 1. The number of rotatable bonds is 4. The Morgan fingerprint density at radius 1 is 1.50 bits per heavy atom. The summed E-state index contributed by atoms with van der Waals surface area (Å²) >= 11 is 0. The minimum atomic E-state index is -0.191. The Morgan fingerprint density at radius 2 is 2.19 bits per heavy atom. The number of halogens is 1. The molecule has 1 amide bonds. The number of carbonyl (C=O) groups excluding carboxylic acids is 1. The Bertz CT molecular complexity index is 343. The lowest BCUT2D eigenvalue weighted by Crippen LogP contribution is -2.31. The van der Waals surface area contributed by atoms with E-state index in [1.54, 1.807) is 18.2 Å². The molecule has 0 aliphatic rings. The molecule has 6 heteroatoms. The van der Waals surface area contributed by atoms with Crippen LogP contribution in [0.1, 0.15) is 10.5 Å². The highest BCUT2D eigenvalue weighted by Crippen LogP contribution is 1.99. The topological polar surface area (TPSA) is 71.2 Å². The van der Waals surface area contributed by atoms with E-state index in [4.69, 9.17) is 5.73 Å². The number of aromatic nitrogens is 1. The monoisotopic (exact) mass is 244 g/mol. The van der Waals surface area contributed by atoms with Crippen molar-refractivity contribution in [2.24, 2.45) is 0 Å². The van der Waals surface area contributed by atoms with Gasteiger partial charge in [0, 0.05) is 13.1 Å². The molecule has 0 unspecified atom stereocenters. The fraction of sp³-hybridized carbons (Fsp3) is 0.400. The molecule has 1 heterocycles. The molecule has 5 nitrogen and oxygen atoms in total. The van der Waals surface area contributed by atoms with Crippen LogP contribution in [0.25, 0.3) is 0 Å². The van der Waals surface area contributed by atoms with Crippen molar-refractivity contribution >= 4 is 24.1 Å². The summed E-state index contributed by atoms with van der Waals surface area (Å²) < 4.78 is 0. The van der Waals surface area contributed by atoms with Crippen molar-refractivity contribution in [2.75, 3.05) is 32.9 Å². The van der Waals surface area contributed by atoms with Gasteiger partial charge in [-0.1, -0.05) is 6.07 Å². The van der Waals surface area contributed by atoms with Gasteiger partial charge < -0.3 is 16.0 Å². The average Bonchev–Trinajstić information content (AvgIpc) is 2.17. The van der Waals surface area contributed by atoms with Crippen molar-refractivity contribution in [2.45, 2.75) is 0 Å². The molecule has 0 fully saturated rings. The number of anilines is 1.